The molecule has 1 saturated heterocycles. The Kier molecular flexibility index (Phi) is 7.28. The molecule has 3 heterocycles. The van der Waals surface area contributed by atoms with Crippen molar-refractivity contribution in [3.8, 4) is 17.4 Å². The van der Waals surface area contributed by atoms with Crippen molar-refractivity contribution in [3.63, 3.8) is 0 Å². The summed E-state index contributed by atoms with van der Waals surface area (Å²) in [5, 5.41) is 2.74. The molecule has 176 valence electrons. The van der Waals surface area contributed by atoms with Crippen LogP contribution in [0.15, 0.2) is 55.0 Å². The van der Waals surface area contributed by atoms with Crippen molar-refractivity contribution < 1.29 is 23.8 Å². The zero-order valence-corrected chi connectivity index (χ0v) is 18.9. The first-order valence-electron chi connectivity index (χ1n) is 10.8. The van der Waals surface area contributed by atoms with E-state index in [2.05, 4.69) is 20.3 Å². The van der Waals surface area contributed by atoms with Gasteiger partial charge in [-0.25, -0.2) is 15.0 Å². The minimum atomic E-state index is -0.380. The highest BCUT2D eigenvalue weighted by molar-refractivity contribution is 6.04. The standard InChI is InChI=1S/C24H25N5O5/c1-16(15-32-2)33-18-10-17(23(30)28-21-6-3-4-7-25-21)11-19(12-18)34-22-14-26-20(13-27-22)24(31)29-8-5-9-29/h3-4,6-7,10-14,16H,5,8-9,15H2,1-2H3,(H,25,28,30)/t16-/m0/s1. The fourth-order valence-electron chi connectivity index (χ4n) is 3.24. The Labute approximate surface area is 196 Å². The largest absolute Gasteiger partial charge is 0.488 e. The third-order valence-corrected chi connectivity index (χ3v) is 5.00. The van der Waals surface area contributed by atoms with Crippen molar-refractivity contribution in [3.05, 3.63) is 66.2 Å². The second-order valence-electron chi connectivity index (χ2n) is 7.73. The molecule has 3 aromatic rings. The fourth-order valence-corrected chi connectivity index (χ4v) is 3.24. The maximum Gasteiger partial charge on any atom is 0.274 e. The summed E-state index contributed by atoms with van der Waals surface area (Å²) in [4.78, 5) is 39.3. The Morgan fingerprint density at radius 3 is 2.56 bits per heavy atom. The van der Waals surface area contributed by atoms with E-state index in [1.165, 1.54) is 12.4 Å². The maximum atomic E-state index is 12.8. The van der Waals surface area contributed by atoms with Gasteiger partial charge < -0.3 is 24.4 Å². The summed E-state index contributed by atoms with van der Waals surface area (Å²) < 4.78 is 16.8. The Morgan fingerprint density at radius 1 is 1.09 bits per heavy atom. The van der Waals surface area contributed by atoms with Gasteiger partial charge in [0.2, 0.25) is 5.88 Å². The van der Waals surface area contributed by atoms with Gasteiger partial charge in [0.05, 0.1) is 19.0 Å². The van der Waals surface area contributed by atoms with Crippen molar-refractivity contribution >= 4 is 17.6 Å². The quantitative estimate of drug-likeness (QED) is 0.514. The van der Waals surface area contributed by atoms with Gasteiger partial charge in [-0.1, -0.05) is 6.07 Å². The van der Waals surface area contributed by atoms with Crippen LogP contribution in [0.25, 0.3) is 0 Å². The molecule has 0 spiro atoms. The van der Waals surface area contributed by atoms with E-state index in [-0.39, 0.29) is 29.5 Å². The Morgan fingerprint density at radius 2 is 1.91 bits per heavy atom. The van der Waals surface area contributed by atoms with Crippen LogP contribution in [0, 0.1) is 0 Å². The molecular weight excluding hydrogens is 438 g/mol. The number of rotatable bonds is 9. The molecule has 1 fully saturated rings. The van der Waals surface area contributed by atoms with Crippen LogP contribution in [0.1, 0.15) is 34.2 Å². The summed E-state index contributed by atoms with van der Waals surface area (Å²) in [5.74, 6) is 0.812. The first-order valence-corrected chi connectivity index (χ1v) is 10.8. The number of anilines is 1. The number of hydrogen-bond donors (Lipinski definition) is 1. The monoisotopic (exact) mass is 463 g/mol. The van der Waals surface area contributed by atoms with Gasteiger partial charge in [0.25, 0.3) is 11.8 Å². The van der Waals surface area contributed by atoms with Gasteiger partial charge in [-0.2, -0.15) is 0 Å². The van der Waals surface area contributed by atoms with Gasteiger partial charge in [0.1, 0.15) is 29.1 Å². The van der Waals surface area contributed by atoms with Crippen LogP contribution in [0.4, 0.5) is 5.82 Å². The lowest BCUT2D eigenvalue weighted by Crippen LogP contribution is -2.42. The smallest absolute Gasteiger partial charge is 0.274 e. The van der Waals surface area contributed by atoms with Crippen LogP contribution < -0.4 is 14.8 Å². The topological polar surface area (TPSA) is 116 Å². The minimum absolute atomic E-state index is 0.152. The summed E-state index contributed by atoms with van der Waals surface area (Å²) in [5.41, 5.74) is 0.563. The van der Waals surface area contributed by atoms with Crippen molar-refractivity contribution in [1.82, 2.24) is 19.9 Å². The molecule has 1 atom stereocenters. The van der Waals surface area contributed by atoms with E-state index in [9.17, 15) is 9.59 Å². The van der Waals surface area contributed by atoms with E-state index in [1.54, 1.807) is 54.6 Å². The third-order valence-electron chi connectivity index (χ3n) is 5.00. The van der Waals surface area contributed by atoms with Gasteiger partial charge in [-0.05, 0) is 37.6 Å². The zero-order valence-electron chi connectivity index (χ0n) is 18.9. The molecule has 1 aliphatic heterocycles. The molecule has 1 aliphatic rings. The lowest BCUT2D eigenvalue weighted by atomic mass is 10.2. The van der Waals surface area contributed by atoms with Crippen LogP contribution in [0.5, 0.6) is 17.4 Å². The number of aromatic nitrogens is 3. The predicted molar refractivity (Wildman–Crippen MR) is 123 cm³/mol. The molecular formula is C24H25N5O5. The van der Waals surface area contributed by atoms with Crippen LogP contribution in [0.3, 0.4) is 0 Å². The maximum absolute atomic E-state index is 12.8. The third kappa shape index (κ3) is 5.84. The molecule has 2 aromatic heterocycles. The Balaban J connectivity index is 1.54. The highest BCUT2D eigenvalue weighted by atomic mass is 16.5. The van der Waals surface area contributed by atoms with Crippen LogP contribution in [-0.4, -0.2) is 64.6 Å². The number of nitrogens with zero attached hydrogens (tertiary/aromatic N) is 4. The number of pyridine rings is 1. The number of amides is 2. The Hall–Kier alpha value is -4.05. The summed E-state index contributed by atoms with van der Waals surface area (Å²) in [6.07, 6.45) is 5.09. The Bertz CT molecular complexity index is 1140. The number of methoxy groups -OCH3 is 1. The zero-order chi connectivity index (χ0) is 23.9. The molecule has 10 nitrogen and oxygen atoms in total. The van der Waals surface area contributed by atoms with E-state index in [0.717, 1.165) is 19.5 Å². The van der Waals surface area contributed by atoms with Crippen LogP contribution in [-0.2, 0) is 4.74 Å². The number of carbonyl (C=O) groups is 2. The molecule has 1 N–H and O–H groups in total. The second-order valence-corrected chi connectivity index (χ2v) is 7.73. The van der Waals surface area contributed by atoms with Crippen molar-refractivity contribution in [1.29, 1.82) is 0 Å². The number of likely N-dealkylation sites (tertiary alicyclic amines) is 1. The predicted octanol–water partition coefficient (Wildman–Crippen LogP) is 3.18. The van der Waals surface area contributed by atoms with Crippen LogP contribution in [0.2, 0.25) is 0 Å². The number of hydrogen-bond acceptors (Lipinski definition) is 8. The summed E-state index contributed by atoms with van der Waals surface area (Å²) >= 11 is 0. The van der Waals surface area contributed by atoms with Crippen molar-refractivity contribution in [2.45, 2.75) is 19.4 Å². The first kappa shape index (κ1) is 23.1. The lowest BCUT2D eigenvalue weighted by molar-refractivity contribution is 0.0645. The molecule has 0 radical (unpaired) electrons. The van der Waals surface area contributed by atoms with Gasteiger partial charge >= 0.3 is 0 Å². The minimum Gasteiger partial charge on any atom is -0.488 e. The normalized spacial score (nSPS) is 13.5. The summed E-state index contributed by atoms with van der Waals surface area (Å²) in [7, 11) is 1.58. The van der Waals surface area contributed by atoms with Gasteiger partial charge in [0, 0.05) is 38.0 Å². The van der Waals surface area contributed by atoms with Crippen molar-refractivity contribution in [2.24, 2.45) is 0 Å². The number of ether oxygens (including phenoxy) is 3. The molecule has 10 heteroatoms. The van der Waals surface area contributed by atoms with E-state index in [0.29, 0.717) is 29.5 Å². The first-order chi connectivity index (χ1) is 16.5. The van der Waals surface area contributed by atoms with E-state index < -0.39 is 0 Å². The average molecular weight is 463 g/mol. The average Bonchev–Trinajstić information content (AvgIpc) is 2.79. The second kappa shape index (κ2) is 10.7. The number of carbonyl (C=O) groups excluding carboxylic acids is 2. The molecule has 1 aromatic carbocycles. The highest BCUT2D eigenvalue weighted by Gasteiger charge is 2.23. The fraction of sp³-hybridized carbons (Fsp3) is 0.292. The molecule has 0 aliphatic carbocycles. The van der Waals surface area contributed by atoms with E-state index >= 15 is 0 Å². The van der Waals surface area contributed by atoms with Gasteiger partial charge in [-0.15, -0.1) is 0 Å². The molecule has 0 saturated carbocycles. The highest BCUT2D eigenvalue weighted by Crippen LogP contribution is 2.28. The summed E-state index contributed by atoms with van der Waals surface area (Å²) in [6, 6.07) is 10.0. The molecule has 2 amide bonds. The van der Waals surface area contributed by atoms with Gasteiger partial charge in [0.15, 0.2) is 0 Å². The van der Waals surface area contributed by atoms with Crippen LogP contribution >= 0.6 is 0 Å². The number of nitrogens with one attached hydrogen (secondary N) is 1. The number of benzene rings is 1. The van der Waals surface area contributed by atoms with E-state index in [4.69, 9.17) is 14.2 Å². The SMILES string of the molecule is COC[C@H](C)Oc1cc(Oc2cnc(C(=O)N3CCC3)cn2)cc(C(=O)Nc2ccccn2)c1. The van der Waals surface area contributed by atoms with E-state index in [1.807, 2.05) is 6.92 Å². The molecule has 4 rings (SSSR count). The summed E-state index contributed by atoms with van der Waals surface area (Å²) in [6.45, 7) is 3.69. The lowest BCUT2D eigenvalue weighted by Gasteiger charge is -2.30. The van der Waals surface area contributed by atoms with Crippen molar-refractivity contribution in [2.75, 3.05) is 32.1 Å². The molecule has 0 unspecified atom stereocenters. The molecule has 34 heavy (non-hydrogen) atoms. The molecule has 0 bridgehead atoms. The van der Waals surface area contributed by atoms with Gasteiger partial charge in [-0.3, -0.25) is 9.59 Å².